The molecule has 34 heavy (non-hydrogen) atoms. The van der Waals surface area contributed by atoms with E-state index in [2.05, 4.69) is 16.4 Å². The Morgan fingerprint density at radius 1 is 1.09 bits per heavy atom. The number of amides is 2. The summed E-state index contributed by atoms with van der Waals surface area (Å²) in [6.45, 7) is 1.25. The number of carbonyl (C=O) groups excluding carboxylic acids is 2. The number of likely N-dealkylation sites (tertiary alicyclic amines) is 1. The van der Waals surface area contributed by atoms with E-state index in [0.29, 0.717) is 18.7 Å². The van der Waals surface area contributed by atoms with Crippen LogP contribution in [0.1, 0.15) is 61.3 Å². The Balaban J connectivity index is 1.47. The van der Waals surface area contributed by atoms with Crippen LogP contribution in [-0.4, -0.2) is 41.0 Å². The molecule has 1 saturated heterocycles. The van der Waals surface area contributed by atoms with Gasteiger partial charge in [-0.3, -0.25) is 14.6 Å². The predicted molar refractivity (Wildman–Crippen MR) is 124 cm³/mol. The Morgan fingerprint density at radius 2 is 1.88 bits per heavy atom. The van der Waals surface area contributed by atoms with Crippen LogP contribution in [0.25, 0.3) is 5.57 Å². The minimum Gasteiger partial charge on any atom is -0.342 e. The molecule has 2 aromatic rings. The molecule has 0 radical (unpaired) electrons. The van der Waals surface area contributed by atoms with Crippen molar-refractivity contribution in [1.82, 2.24) is 9.88 Å². The fourth-order valence-corrected chi connectivity index (χ4v) is 4.70. The van der Waals surface area contributed by atoms with E-state index in [1.54, 1.807) is 18.3 Å². The number of pyridine rings is 1. The molecule has 0 atom stereocenters. The molecule has 1 fully saturated rings. The van der Waals surface area contributed by atoms with Gasteiger partial charge in [0.25, 0.3) is 0 Å². The normalized spacial score (nSPS) is 17.3. The highest BCUT2D eigenvalue weighted by Gasteiger charge is 2.39. The molecule has 1 N–H and O–H groups in total. The molecule has 0 unspecified atom stereocenters. The smallest absolute Gasteiger partial charge is 0.342 e. The van der Waals surface area contributed by atoms with E-state index in [1.165, 1.54) is 0 Å². The summed E-state index contributed by atoms with van der Waals surface area (Å²) in [4.78, 5) is 30.3. The summed E-state index contributed by atoms with van der Waals surface area (Å²) >= 11 is 0. The van der Waals surface area contributed by atoms with Gasteiger partial charge in [0.2, 0.25) is 5.91 Å². The molecule has 180 valence electrons. The van der Waals surface area contributed by atoms with Crippen molar-refractivity contribution >= 4 is 23.1 Å². The number of benzene rings is 1. The Morgan fingerprint density at radius 3 is 2.53 bits per heavy atom. The fourth-order valence-electron chi connectivity index (χ4n) is 4.70. The fraction of sp³-hybridized carbons (Fsp3) is 0.423. The van der Waals surface area contributed by atoms with Crippen molar-refractivity contribution in [2.75, 3.05) is 18.4 Å². The SMILES string of the molecule is O=C(Cc1ccccn1)N1CCC(c2ccc(NC(=O)C(F)(F)F)c(C3=CCCCC3)c2)CC1. The lowest BCUT2D eigenvalue weighted by Gasteiger charge is -2.33. The van der Waals surface area contributed by atoms with Crippen LogP contribution in [-0.2, 0) is 16.0 Å². The number of nitrogens with zero attached hydrogens (tertiary/aromatic N) is 2. The first-order valence-corrected chi connectivity index (χ1v) is 11.7. The maximum absolute atomic E-state index is 12.9. The van der Waals surface area contributed by atoms with Crippen LogP contribution >= 0.6 is 0 Å². The Labute approximate surface area is 197 Å². The van der Waals surface area contributed by atoms with Crippen molar-refractivity contribution in [2.45, 2.75) is 57.0 Å². The number of halogens is 3. The van der Waals surface area contributed by atoms with Gasteiger partial charge < -0.3 is 10.2 Å². The molecule has 1 aliphatic heterocycles. The maximum atomic E-state index is 12.9. The van der Waals surface area contributed by atoms with Crippen LogP contribution in [0, 0.1) is 0 Å². The van der Waals surface area contributed by atoms with Crippen molar-refractivity contribution in [3.05, 3.63) is 65.5 Å². The predicted octanol–water partition coefficient (Wildman–Crippen LogP) is 5.49. The average molecular weight is 472 g/mol. The lowest BCUT2D eigenvalue weighted by molar-refractivity contribution is -0.167. The summed E-state index contributed by atoms with van der Waals surface area (Å²) in [5.74, 6) is -1.71. The number of carbonyl (C=O) groups is 2. The van der Waals surface area contributed by atoms with Crippen LogP contribution in [0.4, 0.5) is 18.9 Å². The van der Waals surface area contributed by atoms with Gasteiger partial charge in [0.05, 0.1) is 6.42 Å². The van der Waals surface area contributed by atoms with Crippen molar-refractivity contribution in [2.24, 2.45) is 0 Å². The monoisotopic (exact) mass is 471 g/mol. The van der Waals surface area contributed by atoms with E-state index < -0.39 is 12.1 Å². The van der Waals surface area contributed by atoms with Gasteiger partial charge in [0, 0.05) is 36.2 Å². The molecule has 0 bridgehead atoms. The highest BCUT2D eigenvalue weighted by molar-refractivity contribution is 5.97. The van der Waals surface area contributed by atoms with Crippen LogP contribution < -0.4 is 5.32 Å². The van der Waals surface area contributed by atoms with Crippen LogP contribution in [0.3, 0.4) is 0 Å². The Kier molecular flexibility index (Phi) is 7.34. The largest absolute Gasteiger partial charge is 0.471 e. The van der Waals surface area contributed by atoms with E-state index in [9.17, 15) is 22.8 Å². The second-order valence-electron chi connectivity index (χ2n) is 8.88. The van der Waals surface area contributed by atoms with Crippen LogP contribution in [0.15, 0.2) is 48.7 Å². The molecule has 4 rings (SSSR count). The molecule has 2 amide bonds. The summed E-state index contributed by atoms with van der Waals surface area (Å²) in [5, 5.41) is 2.06. The number of alkyl halides is 3. The summed E-state index contributed by atoms with van der Waals surface area (Å²) in [6.07, 6.45) is 4.31. The lowest BCUT2D eigenvalue weighted by Crippen LogP contribution is -2.38. The Bertz CT molecular complexity index is 1060. The molecule has 2 aliphatic rings. The lowest BCUT2D eigenvalue weighted by atomic mass is 9.85. The zero-order chi connectivity index (χ0) is 24.1. The number of rotatable bonds is 5. The number of anilines is 1. The second kappa shape index (κ2) is 10.4. The van der Waals surface area contributed by atoms with Gasteiger partial charge >= 0.3 is 12.1 Å². The average Bonchev–Trinajstić information content (AvgIpc) is 2.85. The van der Waals surface area contributed by atoms with Crippen LogP contribution in [0.5, 0.6) is 0 Å². The van der Waals surface area contributed by atoms with E-state index >= 15 is 0 Å². The summed E-state index contributed by atoms with van der Waals surface area (Å²) < 4.78 is 38.6. The molecule has 1 aromatic heterocycles. The topological polar surface area (TPSA) is 62.3 Å². The third-order valence-electron chi connectivity index (χ3n) is 6.56. The highest BCUT2D eigenvalue weighted by atomic mass is 19.4. The number of nitrogens with one attached hydrogen (secondary N) is 1. The van der Waals surface area contributed by atoms with Crippen molar-refractivity contribution in [3.8, 4) is 0 Å². The quantitative estimate of drug-likeness (QED) is 0.627. The number of allylic oxidation sites excluding steroid dienone is 2. The van der Waals surface area contributed by atoms with Gasteiger partial charge in [-0.25, -0.2) is 0 Å². The number of hydrogen-bond donors (Lipinski definition) is 1. The molecule has 1 aliphatic carbocycles. The maximum Gasteiger partial charge on any atom is 0.471 e. The molecule has 2 heterocycles. The minimum absolute atomic E-state index is 0.0513. The molecule has 1 aromatic carbocycles. The number of hydrogen-bond acceptors (Lipinski definition) is 3. The zero-order valence-electron chi connectivity index (χ0n) is 18.9. The first-order chi connectivity index (χ1) is 16.3. The third kappa shape index (κ3) is 5.85. The highest BCUT2D eigenvalue weighted by Crippen LogP contribution is 2.37. The van der Waals surface area contributed by atoms with Crippen molar-refractivity contribution in [1.29, 1.82) is 0 Å². The first kappa shape index (κ1) is 24.0. The minimum atomic E-state index is -4.94. The van der Waals surface area contributed by atoms with Gasteiger partial charge in [-0.1, -0.05) is 18.2 Å². The molecular weight excluding hydrogens is 443 g/mol. The van der Waals surface area contributed by atoms with Gasteiger partial charge in [0.1, 0.15) is 0 Å². The van der Waals surface area contributed by atoms with E-state index in [4.69, 9.17) is 0 Å². The zero-order valence-corrected chi connectivity index (χ0v) is 18.9. The molecule has 8 heteroatoms. The molecule has 0 spiro atoms. The molecule has 0 saturated carbocycles. The van der Waals surface area contributed by atoms with Crippen LogP contribution in [0.2, 0.25) is 0 Å². The molecule has 5 nitrogen and oxygen atoms in total. The first-order valence-electron chi connectivity index (χ1n) is 11.7. The summed E-state index contributed by atoms with van der Waals surface area (Å²) in [5.41, 5.74) is 3.62. The van der Waals surface area contributed by atoms with Gasteiger partial charge in [-0.15, -0.1) is 0 Å². The van der Waals surface area contributed by atoms with Crippen molar-refractivity contribution < 1.29 is 22.8 Å². The van der Waals surface area contributed by atoms with Crippen molar-refractivity contribution in [3.63, 3.8) is 0 Å². The number of piperidine rings is 1. The standard InChI is InChI=1S/C26H28F3N3O2/c27-26(28,29)25(34)31-23-10-9-20(16-22(23)19-6-2-1-3-7-19)18-11-14-32(15-12-18)24(33)17-21-8-4-5-13-30-21/h4-6,8-10,13,16,18H,1-3,7,11-12,14-15,17H2,(H,31,34). The molecular formula is C26H28F3N3O2. The third-order valence-corrected chi connectivity index (χ3v) is 6.56. The van der Waals surface area contributed by atoms with Gasteiger partial charge in [-0.2, -0.15) is 13.2 Å². The van der Waals surface area contributed by atoms with Gasteiger partial charge in [0.15, 0.2) is 0 Å². The summed E-state index contributed by atoms with van der Waals surface area (Å²) in [7, 11) is 0. The Hall–Kier alpha value is -3.16. The second-order valence-corrected chi connectivity index (χ2v) is 8.88. The number of aromatic nitrogens is 1. The van der Waals surface area contributed by atoms with E-state index in [-0.39, 0.29) is 23.9 Å². The van der Waals surface area contributed by atoms with E-state index in [1.807, 2.05) is 29.2 Å². The van der Waals surface area contributed by atoms with Gasteiger partial charge in [-0.05, 0) is 79.8 Å². The van der Waals surface area contributed by atoms with E-state index in [0.717, 1.165) is 55.4 Å². The summed E-state index contributed by atoms with van der Waals surface area (Å²) in [6, 6.07) is 10.8.